The van der Waals surface area contributed by atoms with E-state index in [0.717, 1.165) is 4.90 Å². The Bertz CT molecular complexity index is 384. The molecule has 0 bridgehead atoms. The molecule has 0 aromatic rings. The van der Waals surface area contributed by atoms with Crippen molar-refractivity contribution in [3.05, 3.63) is 32.4 Å². The number of rotatable bonds is 5. The number of carbonyl (C=O) groups excluding carboxylic acids is 1. The summed E-state index contributed by atoms with van der Waals surface area (Å²) in [6.07, 6.45) is 2.87. The second kappa shape index (κ2) is 5.08. The topological polar surface area (TPSA) is 110 Å². The van der Waals surface area contributed by atoms with E-state index in [2.05, 4.69) is 0 Å². The van der Waals surface area contributed by atoms with E-state index in [0.29, 0.717) is 6.54 Å². The van der Waals surface area contributed by atoms with E-state index < -0.39 is 34.5 Å². The van der Waals surface area contributed by atoms with Crippen LogP contribution in [-0.2, 0) is 4.79 Å². The number of nitrogens with zero attached hydrogens (tertiary/aromatic N) is 4. The number of hydrogen-bond acceptors (Lipinski definition) is 6. The molecule has 9 heteroatoms. The third-order valence-corrected chi connectivity index (χ3v) is 2.61. The number of likely N-dealkylation sites (N-methyl/N-ethyl adjacent to an activating group) is 1. The highest BCUT2D eigenvalue weighted by Gasteiger charge is 2.67. The van der Waals surface area contributed by atoms with Gasteiger partial charge in [-0.05, 0) is 14.1 Å². The Hall–Kier alpha value is -2.03. The van der Waals surface area contributed by atoms with Crippen molar-refractivity contribution in [1.82, 2.24) is 9.80 Å². The Morgan fingerprint density at radius 2 is 1.83 bits per heavy atom. The maximum Gasteiger partial charge on any atom is 0.492 e. The summed E-state index contributed by atoms with van der Waals surface area (Å²) in [5, 5.41) is 21.2. The van der Waals surface area contributed by atoms with Crippen LogP contribution in [0.3, 0.4) is 0 Å². The minimum atomic E-state index is -2.23. The van der Waals surface area contributed by atoms with Crippen molar-refractivity contribution in [3.63, 3.8) is 0 Å². The molecule has 0 radical (unpaired) electrons. The third-order valence-electron chi connectivity index (χ3n) is 2.61. The second-order valence-electron chi connectivity index (χ2n) is 4.36. The average molecular weight is 258 g/mol. The monoisotopic (exact) mass is 258 g/mol. The van der Waals surface area contributed by atoms with Crippen LogP contribution in [0, 0.1) is 20.2 Å². The summed E-state index contributed by atoms with van der Waals surface area (Å²) in [6, 6.07) is 0. The normalized spacial score (nSPS) is 17.8. The van der Waals surface area contributed by atoms with Gasteiger partial charge < -0.3 is 9.80 Å². The largest absolute Gasteiger partial charge is 0.492 e. The minimum Gasteiger partial charge on any atom is -0.310 e. The molecule has 0 aromatic carbocycles. The smallest absolute Gasteiger partial charge is 0.310 e. The highest BCUT2D eigenvalue weighted by atomic mass is 16.7. The lowest BCUT2D eigenvalue weighted by Crippen LogP contribution is -2.71. The zero-order chi connectivity index (χ0) is 13.9. The summed E-state index contributed by atoms with van der Waals surface area (Å²) in [6.45, 7) is -0.425. The van der Waals surface area contributed by atoms with Crippen molar-refractivity contribution in [1.29, 1.82) is 0 Å². The Morgan fingerprint density at radius 1 is 1.33 bits per heavy atom. The molecule has 1 fully saturated rings. The van der Waals surface area contributed by atoms with Crippen molar-refractivity contribution in [3.8, 4) is 0 Å². The number of carbonyl (C=O) groups is 1. The summed E-state index contributed by atoms with van der Waals surface area (Å²) in [4.78, 5) is 33.8. The molecule has 0 saturated carbocycles. The van der Waals surface area contributed by atoms with Crippen molar-refractivity contribution in [2.24, 2.45) is 0 Å². The van der Waals surface area contributed by atoms with Gasteiger partial charge in [0.1, 0.15) is 9.85 Å². The number of amides is 1. The van der Waals surface area contributed by atoms with Gasteiger partial charge in [-0.2, -0.15) is 0 Å². The SMILES string of the molecule is CN(C)C/C=C/C(=O)N1CC([N+](=O)[O-])([N+](=O)[O-])C1. The van der Waals surface area contributed by atoms with Crippen LogP contribution in [0.1, 0.15) is 0 Å². The van der Waals surface area contributed by atoms with Crippen LogP contribution in [0.15, 0.2) is 12.2 Å². The number of likely N-dealkylation sites (tertiary alicyclic amines) is 1. The van der Waals surface area contributed by atoms with Crippen LogP contribution < -0.4 is 0 Å². The molecule has 0 aliphatic carbocycles. The van der Waals surface area contributed by atoms with Gasteiger partial charge in [-0.15, -0.1) is 0 Å². The molecule has 1 amide bonds. The van der Waals surface area contributed by atoms with E-state index in [9.17, 15) is 25.0 Å². The van der Waals surface area contributed by atoms with E-state index in [4.69, 9.17) is 0 Å². The molecule has 100 valence electrons. The molecule has 9 nitrogen and oxygen atoms in total. The summed E-state index contributed by atoms with van der Waals surface area (Å²) in [5.74, 6) is -0.448. The first-order valence-corrected chi connectivity index (χ1v) is 5.19. The lowest BCUT2D eigenvalue weighted by molar-refractivity contribution is -0.809. The van der Waals surface area contributed by atoms with Crippen molar-refractivity contribution < 1.29 is 14.6 Å². The highest BCUT2D eigenvalue weighted by Crippen LogP contribution is 2.25. The molecule has 0 unspecified atom stereocenters. The predicted octanol–water partition coefficient (Wildman–Crippen LogP) is -0.804. The minimum absolute atomic E-state index is 0.448. The molecule has 1 heterocycles. The fourth-order valence-electron chi connectivity index (χ4n) is 1.49. The maximum absolute atomic E-state index is 11.5. The van der Waals surface area contributed by atoms with Gasteiger partial charge in [0.2, 0.25) is 5.91 Å². The van der Waals surface area contributed by atoms with Gasteiger partial charge in [0.15, 0.2) is 13.1 Å². The van der Waals surface area contributed by atoms with Gasteiger partial charge in [0.05, 0.1) is 0 Å². The Balaban J connectivity index is 2.55. The van der Waals surface area contributed by atoms with Crippen LogP contribution in [0.2, 0.25) is 0 Å². The highest BCUT2D eigenvalue weighted by molar-refractivity contribution is 5.88. The first kappa shape index (κ1) is 14.0. The summed E-state index contributed by atoms with van der Waals surface area (Å²) in [5.41, 5.74) is -2.23. The molecule has 1 saturated heterocycles. The van der Waals surface area contributed by atoms with Crippen LogP contribution in [-0.4, -0.2) is 64.9 Å². The Kier molecular flexibility index (Phi) is 3.96. The van der Waals surface area contributed by atoms with E-state index in [-0.39, 0.29) is 0 Å². The molecule has 0 aromatic heterocycles. The van der Waals surface area contributed by atoms with Gasteiger partial charge in [0.25, 0.3) is 0 Å². The van der Waals surface area contributed by atoms with Crippen LogP contribution >= 0.6 is 0 Å². The van der Waals surface area contributed by atoms with Crippen molar-refractivity contribution in [2.45, 2.75) is 5.66 Å². The lowest BCUT2D eigenvalue weighted by Gasteiger charge is -2.35. The maximum atomic E-state index is 11.5. The Labute approximate surface area is 103 Å². The third kappa shape index (κ3) is 2.62. The van der Waals surface area contributed by atoms with E-state index in [1.54, 1.807) is 6.08 Å². The van der Waals surface area contributed by atoms with E-state index >= 15 is 0 Å². The summed E-state index contributed by atoms with van der Waals surface area (Å²) < 4.78 is 0. The van der Waals surface area contributed by atoms with Crippen LogP contribution in [0.4, 0.5) is 0 Å². The number of nitro groups is 2. The molecular formula is C9H14N4O5. The number of hydrogen-bond donors (Lipinski definition) is 0. The summed E-state index contributed by atoms with van der Waals surface area (Å²) in [7, 11) is 3.64. The van der Waals surface area contributed by atoms with Crippen molar-refractivity contribution >= 4 is 5.91 Å². The fourth-order valence-corrected chi connectivity index (χ4v) is 1.49. The van der Waals surface area contributed by atoms with Crippen LogP contribution in [0.5, 0.6) is 0 Å². The standard InChI is InChI=1S/C9H14N4O5/c1-10(2)5-3-4-8(14)11-6-9(7-11,12(15)16)13(17)18/h3-4H,5-7H2,1-2H3/b4-3+. The average Bonchev–Trinajstić information content (AvgIpc) is 2.13. The first-order chi connectivity index (χ1) is 8.29. The second-order valence-corrected chi connectivity index (χ2v) is 4.36. The molecule has 1 aliphatic rings. The van der Waals surface area contributed by atoms with Gasteiger partial charge in [-0.3, -0.25) is 25.0 Å². The molecule has 18 heavy (non-hydrogen) atoms. The molecule has 0 spiro atoms. The van der Waals surface area contributed by atoms with E-state index in [1.165, 1.54) is 6.08 Å². The Morgan fingerprint density at radius 3 is 2.22 bits per heavy atom. The summed E-state index contributed by atoms with van der Waals surface area (Å²) >= 11 is 0. The van der Waals surface area contributed by atoms with Gasteiger partial charge in [-0.25, -0.2) is 0 Å². The van der Waals surface area contributed by atoms with E-state index in [1.807, 2.05) is 19.0 Å². The van der Waals surface area contributed by atoms with Gasteiger partial charge >= 0.3 is 5.66 Å². The predicted molar refractivity (Wildman–Crippen MR) is 61.0 cm³/mol. The van der Waals surface area contributed by atoms with Gasteiger partial charge in [0, 0.05) is 12.6 Å². The van der Waals surface area contributed by atoms with Crippen molar-refractivity contribution in [2.75, 3.05) is 33.7 Å². The van der Waals surface area contributed by atoms with Crippen LogP contribution in [0.25, 0.3) is 0 Å². The zero-order valence-corrected chi connectivity index (χ0v) is 10.1. The molecule has 0 atom stereocenters. The molecule has 1 rings (SSSR count). The zero-order valence-electron chi connectivity index (χ0n) is 10.1. The fraction of sp³-hybridized carbons (Fsp3) is 0.667. The van der Waals surface area contributed by atoms with Gasteiger partial charge in [-0.1, -0.05) is 6.08 Å². The molecular weight excluding hydrogens is 244 g/mol. The lowest BCUT2D eigenvalue weighted by atomic mass is 10.0. The molecule has 1 aliphatic heterocycles. The quantitative estimate of drug-likeness (QED) is 0.276. The molecule has 0 N–H and O–H groups in total. The first-order valence-electron chi connectivity index (χ1n) is 5.19.